The van der Waals surface area contributed by atoms with E-state index in [2.05, 4.69) is 10.6 Å². The molecule has 1 fully saturated rings. The number of rotatable bonds is 6. The van der Waals surface area contributed by atoms with Gasteiger partial charge in [-0.3, -0.25) is 14.4 Å². The molecule has 7 nitrogen and oxygen atoms in total. The van der Waals surface area contributed by atoms with Gasteiger partial charge in [0.2, 0.25) is 11.8 Å². The van der Waals surface area contributed by atoms with Crippen molar-refractivity contribution in [3.63, 3.8) is 0 Å². The van der Waals surface area contributed by atoms with Crippen LogP contribution in [0.25, 0.3) is 0 Å². The molecule has 3 aromatic rings. The first-order chi connectivity index (χ1) is 16.0. The van der Waals surface area contributed by atoms with Crippen LogP contribution in [0.1, 0.15) is 16.8 Å². The Morgan fingerprint density at radius 3 is 2.33 bits per heavy atom. The van der Waals surface area contributed by atoms with Gasteiger partial charge in [0.1, 0.15) is 5.75 Å². The standard InChI is InChI=1S/C25H22ClN3O4/c1-33-22-9-5-4-8-21(22)28-25(32)19-6-2-3-7-20(19)27-24(31)16-14-23(30)29(15-16)18-12-10-17(26)11-13-18/h2-13,16H,14-15H2,1H3,(H,27,31)(H,28,32)/t16-/m0/s1. The van der Waals surface area contributed by atoms with Gasteiger partial charge in [0.05, 0.1) is 30.0 Å². The SMILES string of the molecule is COc1ccccc1NC(=O)c1ccccc1NC(=O)[C@H]1CC(=O)N(c2ccc(Cl)cc2)C1. The Labute approximate surface area is 196 Å². The molecule has 0 unspecified atom stereocenters. The molecule has 168 valence electrons. The third kappa shape index (κ3) is 4.99. The first-order valence-electron chi connectivity index (χ1n) is 10.4. The Kier molecular flexibility index (Phi) is 6.60. The zero-order chi connectivity index (χ0) is 23.4. The predicted octanol–water partition coefficient (Wildman–Crippen LogP) is 4.59. The van der Waals surface area contributed by atoms with Gasteiger partial charge in [-0.05, 0) is 48.5 Å². The van der Waals surface area contributed by atoms with Crippen LogP contribution >= 0.6 is 11.6 Å². The Hall–Kier alpha value is -3.84. The van der Waals surface area contributed by atoms with Crippen LogP contribution in [0.3, 0.4) is 0 Å². The number of nitrogens with zero attached hydrogens (tertiary/aromatic N) is 1. The molecule has 0 radical (unpaired) electrons. The van der Waals surface area contributed by atoms with Crippen molar-refractivity contribution in [3.05, 3.63) is 83.4 Å². The Balaban J connectivity index is 1.47. The molecule has 1 saturated heterocycles. The van der Waals surface area contributed by atoms with Gasteiger partial charge in [-0.15, -0.1) is 0 Å². The fourth-order valence-electron chi connectivity index (χ4n) is 3.72. The van der Waals surface area contributed by atoms with Gasteiger partial charge < -0.3 is 20.3 Å². The lowest BCUT2D eigenvalue weighted by Gasteiger charge is -2.17. The largest absolute Gasteiger partial charge is 0.495 e. The minimum atomic E-state index is -0.543. The van der Waals surface area contributed by atoms with Crippen LogP contribution in [0.15, 0.2) is 72.8 Å². The second-order valence-corrected chi connectivity index (χ2v) is 8.01. The Bertz CT molecular complexity index is 1200. The highest BCUT2D eigenvalue weighted by Gasteiger charge is 2.35. The van der Waals surface area contributed by atoms with Crippen LogP contribution in [0.4, 0.5) is 17.1 Å². The van der Waals surface area contributed by atoms with Gasteiger partial charge in [0.15, 0.2) is 0 Å². The third-order valence-electron chi connectivity index (χ3n) is 5.42. The Morgan fingerprint density at radius 2 is 1.61 bits per heavy atom. The van der Waals surface area contributed by atoms with Gasteiger partial charge in [0, 0.05) is 23.7 Å². The quantitative estimate of drug-likeness (QED) is 0.559. The van der Waals surface area contributed by atoms with Crippen molar-refractivity contribution in [1.29, 1.82) is 0 Å². The maximum absolute atomic E-state index is 13.0. The molecule has 4 rings (SSSR count). The molecule has 0 bridgehead atoms. The average Bonchev–Trinajstić information content (AvgIpc) is 3.22. The number of amides is 3. The van der Waals surface area contributed by atoms with Crippen LogP contribution in [0.2, 0.25) is 5.02 Å². The number of carbonyl (C=O) groups excluding carboxylic acids is 3. The second-order valence-electron chi connectivity index (χ2n) is 7.57. The summed E-state index contributed by atoms with van der Waals surface area (Å²) in [5.74, 6) is -0.865. The van der Waals surface area contributed by atoms with Crippen LogP contribution < -0.4 is 20.3 Å². The van der Waals surface area contributed by atoms with E-state index >= 15 is 0 Å². The molecule has 33 heavy (non-hydrogen) atoms. The fraction of sp³-hybridized carbons (Fsp3) is 0.160. The van der Waals surface area contributed by atoms with Crippen LogP contribution in [0, 0.1) is 5.92 Å². The Morgan fingerprint density at radius 1 is 0.939 bits per heavy atom. The van der Waals surface area contributed by atoms with Crippen molar-refractivity contribution in [2.45, 2.75) is 6.42 Å². The molecule has 2 N–H and O–H groups in total. The van der Waals surface area contributed by atoms with E-state index in [1.807, 2.05) is 0 Å². The molecular formula is C25H22ClN3O4. The highest BCUT2D eigenvalue weighted by molar-refractivity contribution is 6.30. The fourth-order valence-corrected chi connectivity index (χ4v) is 3.84. The number of para-hydroxylation sites is 3. The van der Waals surface area contributed by atoms with Gasteiger partial charge in [-0.1, -0.05) is 35.9 Å². The maximum Gasteiger partial charge on any atom is 0.257 e. The van der Waals surface area contributed by atoms with Crippen molar-refractivity contribution in [3.8, 4) is 5.75 Å². The molecule has 3 amide bonds. The lowest BCUT2D eigenvalue weighted by atomic mass is 10.1. The molecule has 0 aromatic heterocycles. The predicted molar refractivity (Wildman–Crippen MR) is 128 cm³/mol. The number of methoxy groups -OCH3 is 1. The van der Waals surface area contributed by atoms with Gasteiger partial charge in [-0.2, -0.15) is 0 Å². The molecule has 0 aliphatic carbocycles. The maximum atomic E-state index is 13.0. The number of carbonyl (C=O) groups is 3. The summed E-state index contributed by atoms with van der Waals surface area (Å²) < 4.78 is 5.28. The zero-order valence-corrected chi connectivity index (χ0v) is 18.6. The second kappa shape index (κ2) is 9.75. The van der Waals surface area contributed by atoms with E-state index in [0.29, 0.717) is 33.4 Å². The van der Waals surface area contributed by atoms with Crippen molar-refractivity contribution in [2.24, 2.45) is 5.92 Å². The summed E-state index contributed by atoms with van der Waals surface area (Å²) in [7, 11) is 1.52. The minimum Gasteiger partial charge on any atom is -0.495 e. The molecule has 1 heterocycles. The number of nitrogens with one attached hydrogen (secondary N) is 2. The number of anilines is 3. The molecule has 0 saturated carbocycles. The van der Waals surface area contributed by atoms with Gasteiger partial charge >= 0.3 is 0 Å². The molecule has 1 atom stereocenters. The summed E-state index contributed by atoms with van der Waals surface area (Å²) in [5.41, 5.74) is 1.88. The summed E-state index contributed by atoms with van der Waals surface area (Å²) in [6, 6.07) is 20.7. The van der Waals surface area contributed by atoms with E-state index in [-0.39, 0.29) is 30.7 Å². The minimum absolute atomic E-state index is 0.0873. The van der Waals surface area contributed by atoms with Crippen molar-refractivity contribution in [2.75, 3.05) is 29.2 Å². The average molecular weight is 464 g/mol. The topological polar surface area (TPSA) is 87.7 Å². The number of halogens is 1. The summed E-state index contributed by atoms with van der Waals surface area (Å²) in [6.45, 7) is 0.252. The molecule has 8 heteroatoms. The first-order valence-corrected chi connectivity index (χ1v) is 10.7. The first kappa shape index (κ1) is 22.4. The normalized spacial score (nSPS) is 15.3. The molecule has 0 spiro atoms. The van der Waals surface area contributed by atoms with Crippen LogP contribution in [-0.4, -0.2) is 31.4 Å². The highest BCUT2D eigenvalue weighted by atomic mass is 35.5. The van der Waals surface area contributed by atoms with Gasteiger partial charge in [-0.25, -0.2) is 0 Å². The van der Waals surface area contributed by atoms with E-state index in [9.17, 15) is 14.4 Å². The van der Waals surface area contributed by atoms with E-state index in [1.165, 1.54) is 7.11 Å². The van der Waals surface area contributed by atoms with E-state index < -0.39 is 5.92 Å². The van der Waals surface area contributed by atoms with Crippen molar-refractivity contribution < 1.29 is 19.1 Å². The lowest BCUT2D eigenvalue weighted by Crippen LogP contribution is -2.28. The number of ether oxygens (including phenoxy) is 1. The van der Waals surface area contributed by atoms with Crippen molar-refractivity contribution in [1.82, 2.24) is 0 Å². The molecular weight excluding hydrogens is 442 g/mol. The summed E-state index contributed by atoms with van der Waals surface area (Å²) in [5, 5.41) is 6.20. The third-order valence-corrected chi connectivity index (χ3v) is 5.67. The zero-order valence-electron chi connectivity index (χ0n) is 17.9. The number of hydrogen-bond donors (Lipinski definition) is 2. The van der Waals surface area contributed by atoms with Crippen LogP contribution in [-0.2, 0) is 9.59 Å². The van der Waals surface area contributed by atoms with E-state index in [1.54, 1.807) is 77.7 Å². The smallest absolute Gasteiger partial charge is 0.257 e. The molecule has 1 aliphatic heterocycles. The van der Waals surface area contributed by atoms with Crippen LogP contribution in [0.5, 0.6) is 5.75 Å². The van der Waals surface area contributed by atoms with Crippen molar-refractivity contribution >= 4 is 46.4 Å². The van der Waals surface area contributed by atoms with E-state index in [4.69, 9.17) is 16.3 Å². The van der Waals surface area contributed by atoms with Gasteiger partial charge in [0.25, 0.3) is 5.91 Å². The highest BCUT2D eigenvalue weighted by Crippen LogP contribution is 2.28. The number of hydrogen-bond acceptors (Lipinski definition) is 4. The monoisotopic (exact) mass is 463 g/mol. The lowest BCUT2D eigenvalue weighted by molar-refractivity contribution is -0.122. The van der Waals surface area contributed by atoms with E-state index in [0.717, 1.165) is 0 Å². The molecule has 1 aliphatic rings. The summed E-state index contributed by atoms with van der Waals surface area (Å²) in [4.78, 5) is 40.0. The summed E-state index contributed by atoms with van der Waals surface area (Å²) in [6.07, 6.45) is 0.0873. The number of benzene rings is 3. The molecule has 3 aromatic carbocycles. The summed E-state index contributed by atoms with van der Waals surface area (Å²) >= 11 is 5.93.